The first-order valence-electron chi connectivity index (χ1n) is 7.89. The van der Waals surface area contributed by atoms with E-state index in [9.17, 15) is 9.59 Å². The maximum absolute atomic E-state index is 12.4. The third-order valence-electron chi connectivity index (χ3n) is 3.65. The molecule has 0 saturated carbocycles. The van der Waals surface area contributed by atoms with Crippen molar-refractivity contribution in [2.45, 2.75) is 6.92 Å². The van der Waals surface area contributed by atoms with Gasteiger partial charge in [0.15, 0.2) is 6.61 Å². The first kappa shape index (κ1) is 18.9. The van der Waals surface area contributed by atoms with Crippen molar-refractivity contribution in [2.24, 2.45) is 0 Å². The molecule has 2 aromatic carbocycles. The van der Waals surface area contributed by atoms with Crippen molar-refractivity contribution < 1.29 is 18.8 Å². The van der Waals surface area contributed by atoms with Crippen LogP contribution < -0.4 is 5.32 Å². The van der Waals surface area contributed by atoms with E-state index in [0.29, 0.717) is 32.8 Å². The minimum absolute atomic E-state index is 0.176. The standard InChI is InChI=1S/C19H14Cl2N2O4/c1-11-17(18(23-27-11)12-5-3-2-4-6-12)19(25)26-10-16(24)22-15-9-13(20)7-8-14(15)21/h2-9H,10H2,1H3,(H,22,24). The number of esters is 1. The minimum Gasteiger partial charge on any atom is -0.452 e. The van der Waals surface area contributed by atoms with Crippen LogP contribution in [0.25, 0.3) is 11.3 Å². The summed E-state index contributed by atoms with van der Waals surface area (Å²) in [5, 5.41) is 7.19. The monoisotopic (exact) mass is 404 g/mol. The Morgan fingerprint density at radius 2 is 1.89 bits per heavy atom. The van der Waals surface area contributed by atoms with E-state index in [-0.39, 0.29) is 5.56 Å². The lowest BCUT2D eigenvalue weighted by atomic mass is 10.1. The third-order valence-corrected chi connectivity index (χ3v) is 4.22. The van der Waals surface area contributed by atoms with Gasteiger partial charge in [0.05, 0.1) is 10.7 Å². The average Bonchev–Trinajstić information content (AvgIpc) is 3.05. The van der Waals surface area contributed by atoms with Crippen LogP contribution in [0.15, 0.2) is 53.1 Å². The van der Waals surface area contributed by atoms with E-state index >= 15 is 0 Å². The summed E-state index contributed by atoms with van der Waals surface area (Å²) in [7, 11) is 0. The number of hydrogen-bond donors (Lipinski definition) is 1. The molecule has 0 aliphatic carbocycles. The van der Waals surface area contributed by atoms with Crippen LogP contribution in [0, 0.1) is 6.92 Å². The lowest BCUT2D eigenvalue weighted by Crippen LogP contribution is -2.21. The average molecular weight is 405 g/mol. The maximum atomic E-state index is 12.4. The van der Waals surface area contributed by atoms with Crippen LogP contribution >= 0.6 is 23.2 Å². The van der Waals surface area contributed by atoms with Gasteiger partial charge in [-0.3, -0.25) is 4.79 Å². The smallest absolute Gasteiger partial charge is 0.344 e. The number of aryl methyl sites for hydroxylation is 1. The molecule has 138 valence electrons. The van der Waals surface area contributed by atoms with Crippen LogP contribution in [0.2, 0.25) is 10.0 Å². The van der Waals surface area contributed by atoms with Gasteiger partial charge < -0.3 is 14.6 Å². The topological polar surface area (TPSA) is 81.4 Å². The van der Waals surface area contributed by atoms with Crippen LogP contribution in [-0.4, -0.2) is 23.6 Å². The Morgan fingerprint density at radius 1 is 1.15 bits per heavy atom. The van der Waals surface area contributed by atoms with E-state index in [2.05, 4.69) is 10.5 Å². The van der Waals surface area contributed by atoms with Crippen molar-refractivity contribution in [3.8, 4) is 11.3 Å². The van der Waals surface area contributed by atoms with Gasteiger partial charge >= 0.3 is 5.97 Å². The molecule has 0 atom stereocenters. The highest BCUT2D eigenvalue weighted by atomic mass is 35.5. The highest BCUT2D eigenvalue weighted by Gasteiger charge is 2.23. The molecule has 6 nitrogen and oxygen atoms in total. The number of amides is 1. The molecule has 0 spiro atoms. The van der Waals surface area contributed by atoms with E-state index in [4.69, 9.17) is 32.5 Å². The molecular formula is C19H14Cl2N2O4. The second-order valence-electron chi connectivity index (χ2n) is 5.58. The molecule has 1 aromatic heterocycles. The van der Waals surface area contributed by atoms with Crippen molar-refractivity contribution in [1.82, 2.24) is 5.16 Å². The number of nitrogens with zero attached hydrogens (tertiary/aromatic N) is 1. The Bertz CT molecular complexity index is 987. The predicted octanol–water partition coefficient (Wildman–Crippen LogP) is 4.75. The van der Waals surface area contributed by atoms with Crippen molar-refractivity contribution in [2.75, 3.05) is 11.9 Å². The van der Waals surface area contributed by atoms with Gasteiger partial charge in [-0.2, -0.15) is 0 Å². The minimum atomic E-state index is -0.708. The number of benzene rings is 2. The zero-order valence-electron chi connectivity index (χ0n) is 14.2. The highest BCUT2D eigenvalue weighted by Crippen LogP contribution is 2.27. The fourth-order valence-corrected chi connectivity index (χ4v) is 2.73. The summed E-state index contributed by atoms with van der Waals surface area (Å²) in [5.74, 6) is -0.958. The van der Waals surface area contributed by atoms with E-state index in [1.807, 2.05) is 18.2 Å². The number of hydrogen-bond acceptors (Lipinski definition) is 5. The number of aromatic nitrogens is 1. The number of ether oxygens (including phenoxy) is 1. The van der Waals surface area contributed by atoms with Crippen LogP contribution in [0.5, 0.6) is 0 Å². The lowest BCUT2D eigenvalue weighted by Gasteiger charge is -2.08. The van der Waals surface area contributed by atoms with Crippen LogP contribution in [-0.2, 0) is 9.53 Å². The molecule has 1 amide bonds. The predicted molar refractivity (Wildman–Crippen MR) is 102 cm³/mol. The molecule has 0 saturated heterocycles. The second kappa shape index (κ2) is 8.24. The summed E-state index contributed by atoms with van der Waals surface area (Å²) in [6.07, 6.45) is 0. The van der Waals surface area contributed by atoms with E-state index in [1.165, 1.54) is 6.07 Å². The zero-order chi connectivity index (χ0) is 19.4. The van der Waals surface area contributed by atoms with Crippen LogP contribution in [0.3, 0.4) is 0 Å². The molecule has 1 N–H and O–H groups in total. The molecule has 0 bridgehead atoms. The first-order valence-corrected chi connectivity index (χ1v) is 8.65. The highest BCUT2D eigenvalue weighted by molar-refractivity contribution is 6.35. The van der Waals surface area contributed by atoms with Crippen LogP contribution in [0.1, 0.15) is 16.1 Å². The van der Waals surface area contributed by atoms with Gasteiger partial charge in [0.25, 0.3) is 5.91 Å². The number of rotatable bonds is 5. The largest absolute Gasteiger partial charge is 0.452 e. The molecule has 0 aliphatic rings. The Kier molecular flexibility index (Phi) is 5.78. The van der Waals surface area contributed by atoms with Gasteiger partial charge in [0.2, 0.25) is 0 Å². The normalized spacial score (nSPS) is 10.5. The van der Waals surface area contributed by atoms with Crippen molar-refractivity contribution in [3.63, 3.8) is 0 Å². The fourth-order valence-electron chi connectivity index (χ4n) is 2.39. The Morgan fingerprint density at radius 3 is 2.63 bits per heavy atom. The molecule has 0 radical (unpaired) electrons. The third kappa shape index (κ3) is 4.48. The van der Waals surface area contributed by atoms with E-state index in [0.717, 1.165) is 0 Å². The summed E-state index contributed by atoms with van der Waals surface area (Å²) in [6.45, 7) is 1.10. The summed E-state index contributed by atoms with van der Waals surface area (Å²) in [6, 6.07) is 13.7. The molecule has 1 heterocycles. The van der Waals surface area contributed by atoms with Gasteiger partial charge in [-0.15, -0.1) is 0 Å². The van der Waals surface area contributed by atoms with E-state index < -0.39 is 18.5 Å². The van der Waals surface area contributed by atoms with Gasteiger partial charge in [0, 0.05) is 10.6 Å². The van der Waals surface area contributed by atoms with Gasteiger partial charge in [-0.25, -0.2) is 4.79 Å². The number of anilines is 1. The number of carbonyl (C=O) groups excluding carboxylic acids is 2. The Labute approximate surface area is 165 Å². The van der Waals surface area contributed by atoms with Gasteiger partial charge in [0.1, 0.15) is 17.0 Å². The molecule has 0 aliphatic heterocycles. The number of nitrogens with one attached hydrogen (secondary N) is 1. The number of halogens is 2. The summed E-state index contributed by atoms with van der Waals surface area (Å²) in [5.41, 5.74) is 1.57. The summed E-state index contributed by atoms with van der Waals surface area (Å²) in [4.78, 5) is 24.5. The van der Waals surface area contributed by atoms with Crippen molar-refractivity contribution in [1.29, 1.82) is 0 Å². The first-order chi connectivity index (χ1) is 13.0. The molecule has 3 aromatic rings. The maximum Gasteiger partial charge on any atom is 0.344 e. The van der Waals surface area contributed by atoms with Gasteiger partial charge in [-0.05, 0) is 25.1 Å². The molecule has 27 heavy (non-hydrogen) atoms. The second-order valence-corrected chi connectivity index (χ2v) is 6.42. The summed E-state index contributed by atoms with van der Waals surface area (Å²) < 4.78 is 10.2. The summed E-state index contributed by atoms with van der Waals surface area (Å²) >= 11 is 11.9. The molecule has 0 fully saturated rings. The van der Waals surface area contributed by atoms with Crippen molar-refractivity contribution >= 4 is 40.8 Å². The zero-order valence-corrected chi connectivity index (χ0v) is 15.7. The Balaban J connectivity index is 1.69. The molecular weight excluding hydrogens is 391 g/mol. The van der Waals surface area contributed by atoms with Gasteiger partial charge in [-0.1, -0.05) is 58.7 Å². The Hall–Kier alpha value is -2.83. The van der Waals surface area contributed by atoms with E-state index in [1.54, 1.807) is 31.2 Å². The molecule has 0 unspecified atom stereocenters. The molecule has 3 rings (SSSR count). The lowest BCUT2D eigenvalue weighted by molar-refractivity contribution is -0.119. The number of carbonyl (C=O) groups is 2. The molecule has 8 heteroatoms. The van der Waals surface area contributed by atoms with Crippen molar-refractivity contribution in [3.05, 3.63) is 69.9 Å². The fraction of sp³-hybridized carbons (Fsp3) is 0.105. The van der Waals surface area contributed by atoms with Crippen LogP contribution in [0.4, 0.5) is 5.69 Å². The quantitative estimate of drug-likeness (QED) is 0.620. The SMILES string of the molecule is Cc1onc(-c2ccccc2)c1C(=O)OCC(=O)Nc1cc(Cl)ccc1Cl.